The molecule has 5 heteroatoms. The molecule has 2 rings (SSSR count). The molecule has 90 valence electrons. The normalized spacial score (nSPS) is 10.8. The van der Waals surface area contributed by atoms with Crippen LogP contribution in [0.1, 0.15) is 17.1 Å². The van der Waals surface area contributed by atoms with Gasteiger partial charge in [-0.15, -0.1) is 0 Å². The smallest absolute Gasteiger partial charge is 0.153 e. The van der Waals surface area contributed by atoms with Crippen LogP contribution in [0.2, 0.25) is 0 Å². The Morgan fingerprint density at radius 1 is 1.35 bits per heavy atom. The summed E-state index contributed by atoms with van der Waals surface area (Å²) in [6.07, 6.45) is 0. The summed E-state index contributed by atoms with van der Waals surface area (Å²) in [6.45, 7) is 4.76. The van der Waals surface area contributed by atoms with E-state index in [-0.39, 0.29) is 0 Å². The van der Waals surface area contributed by atoms with Gasteiger partial charge in [0.15, 0.2) is 5.82 Å². The first-order valence-electron chi connectivity index (χ1n) is 5.46. The summed E-state index contributed by atoms with van der Waals surface area (Å²) >= 11 is 3.52. The molecule has 0 radical (unpaired) electrons. The summed E-state index contributed by atoms with van der Waals surface area (Å²) in [6, 6.07) is 5.96. The summed E-state index contributed by atoms with van der Waals surface area (Å²) in [5.41, 5.74) is 3.05. The van der Waals surface area contributed by atoms with Crippen molar-refractivity contribution in [1.82, 2.24) is 20.1 Å². The van der Waals surface area contributed by atoms with E-state index in [0.717, 1.165) is 33.9 Å². The van der Waals surface area contributed by atoms with Gasteiger partial charge in [0.2, 0.25) is 0 Å². The highest BCUT2D eigenvalue weighted by Crippen LogP contribution is 2.22. The highest BCUT2D eigenvalue weighted by molar-refractivity contribution is 9.10. The Bertz CT molecular complexity index is 533. The molecule has 17 heavy (non-hydrogen) atoms. The zero-order valence-corrected chi connectivity index (χ0v) is 11.7. The average molecular weight is 295 g/mol. The molecule has 0 bridgehead atoms. The first kappa shape index (κ1) is 12.3. The third-order valence-corrected chi connectivity index (χ3v) is 3.72. The fourth-order valence-corrected chi connectivity index (χ4v) is 1.96. The van der Waals surface area contributed by atoms with Crippen molar-refractivity contribution in [3.63, 3.8) is 0 Å². The lowest BCUT2D eigenvalue weighted by molar-refractivity contribution is 0.758. The predicted octanol–water partition coefficient (Wildman–Crippen LogP) is 2.37. The lowest BCUT2D eigenvalue weighted by atomic mass is 10.3. The van der Waals surface area contributed by atoms with Gasteiger partial charge in [-0.25, -0.2) is 9.67 Å². The van der Waals surface area contributed by atoms with Crippen molar-refractivity contribution < 1.29 is 0 Å². The van der Waals surface area contributed by atoms with Gasteiger partial charge in [-0.05, 0) is 49.0 Å². The van der Waals surface area contributed by atoms with E-state index in [2.05, 4.69) is 31.3 Å². The quantitative estimate of drug-likeness (QED) is 0.945. The number of hydrogen-bond donors (Lipinski definition) is 1. The molecular formula is C12H15BrN4. The molecule has 2 aromatic rings. The summed E-state index contributed by atoms with van der Waals surface area (Å²) in [5, 5.41) is 7.56. The summed E-state index contributed by atoms with van der Waals surface area (Å²) in [4.78, 5) is 4.57. The highest BCUT2D eigenvalue weighted by Gasteiger charge is 2.11. The zero-order valence-electron chi connectivity index (χ0n) is 10.2. The second-order valence-corrected chi connectivity index (χ2v) is 4.71. The van der Waals surface area contributed by atoms with E-state index in [1.807, 2.05) is 43.8 Å². The van der Waals surface area contributed by atoms with Gasteiger partial charge < -0.3 is 5.32 Å². The molecule has 0 aliphatic heterocycles. The number of aromatic nitrogens is 3. The van der Waals surface area contributed by atoms with Gasteiger partial charge in [-0.2, -0.15) is 5.10 Å². The molecule has 0 aliphatic rings. The number of aryl methyl sites for hydroxylation is 1. The fourth-order valence-electron chi connectivity index (χ4n) is 1.71. The van der Waals surface area contributed by atoms with E-state index in [1.165, 1.54) is 0 Å². The maximum Gasteiger partial charge on any atom is 0.153 e. The Kier molecular flexibility index (Phi) is 3.59. The van der Waals surface area contributed by atoms with Gasteiger partial charge in [0.05, 0.1) is 21.6 Å². The van der Waals surface area contributed by atoms with Gasteiger partial charge in [0, 0.05) is 6.54 Å². The predicted molar refractivity (Wildman–Crippen MR) is 71.3 cm³/mol. The fraction of sp³-hybridized carbons (Fsp3) is 0.333. The van der Waals surface area contributed by atoms with Gasteiger partial charge in [0.1, 0.15) is 0 Å². The van der Waals surface area contributed by atoms with Gasteiger partial charge in [0.25, 0.3) is 0 Å². The van der Waals surface area contributed by atoms with Crippen LogP contribution in [0.15, 0.2) is 22.7 Å². The van der Waals surface area contributed by atoms with Crippen molar-refractivity contribution in [3.8, 4) is 5.82 Å². The van der Waals surface area contributed by atoms with Crippen LogP contribution in [0.5, 0.6) is 0 Å². The van der Waals surface area contributed by atoms with E-state index in [1.54, 1.807) is 0 Å². The van der Waals surface area contributed by atoms with Gasteiger partial charge in [-0.3, -0.25) is 0 Å². The molecule has 0 fully saturated rings. The molecule has 0 saturated heterocycles. The second kappa shape index (κ2) is 4.98. The lowest BCUT2D eigenvalue weighted by Gasteiger charge is -2.05. The maximum absolute atomic E-state index is 4.57. The third kappa shape index (κ3) is 2.40. The number of nitrogens with one attached hydrogen (secondary N) is 1. The minimum absolute atomic E-state index is 0.758. The van der Waals surface area contributed by atoms with Crippen molar-refractivity contribution in [2.24, 2.45) is 0 Å². The highest BCUT2D eigenvalue weighted by atomic mass is 79.9. The molecule has 0 aliphatic carbocycles. The number of rotatable bonds is 3. The first-order chi connectivity index (χ1) is 8.13. The average Bonchev–Trinajstić information content (AvgIpc) is 2.58. The summed E-state index contributed by atoms with van der Waals surface area (Å²) in [7, 11) is 1.91. The Morgan fingerprint density at radius 3 is 2.71 bits per heavy atom. The molecular weight excluding hydrogens is 280 g/mol. The number of halogens is 1. The second-order valence-electron chi connectivity index (χ2n) is 3.91. The zero-order chi connectivity index (χ0) is 12.4. The van der Waals surface area contributed by atoms with Crippen LogP contribution in [-0.4, -0.2) is 21.8 Å². The lowest BCUT2D eigenvalue weighted by Crippen LogP contribution is -2.09. The molecule has 0 unspecified atom stereocenters. The molecule has 2 heterocycles. The van der Waals surface area contributed by atoms with Crippen molar-refractivity contribution in [2.75, 3.05) is 7.05 Å². The van der Waals surface area contributed by atoms with Crippen LogP contribution in [0.4, 0.5) is 0 Å². The van der Waals surface area contributed by atoms with E-state index in [0.29, 0.717) is 0 Å². The van der Waals surface area contributed by atoms with Gasteiger partial charge >= 0.3 is 0 Å². The largest absolute Gasteiger partial charge is 0.314 e. The van der Waals surface area contributed by atoms with Crippen molar-refractivity contribution >= 4 is 15.9 Å². The van der Waals surface area contributed by atoms with Crippen LogP contribution >= 0.6 is 15.9 Å². The van der Waals surface area contributed by atoms with E-state index in [4.69, 9.17) is 0 Å². The van der Waals surface area contributed by atoms with Crippen molar-refractivity contribution in [2.45, 2.75) is 20.4 Å². The van der Waals surface area contributed by atoms with E-state index >= 15 is 0 Å². The topological polar surface area (TPSA) is 42.7 Å². The monoisotopic (exact) mass is 294 g/mol. The Balaban J connectivity index is 2.45. The number of nitrogens with zero attached hydrogens (tertiary/aromatic N) is 3. The Morgan fingerprint density at radius 2 is 2.12 bits per heavy atom. The number of pyridine rings is 1. The van der Waals surface area contributed by atoms with E-state index < -0.39 is 0 Å². The first-order valence-corrected chi connectivity index (χ1v) is 6.25. The van der Waals surface area contributed by atoms with Crippen LogP contribution in [0.3, 0.4) is 0 Å². The van der Waals surface area contributed by atoms with Crippen LogP contribution in [-0.2, 0) is 6.54 Å². The van der Waals surface area contributed by atoms with E-state index in [9.17, 15) is 0 Å². The Hall–Kier alpha value is -1.20. The molecule has 2 aromatic heterocycles. The molecule has 1 N–H and O–H groups in total. The molecule has 0 spiro atoms. The van der Waals surface area contributed by atoms with Crippen molar-refractivity contribution in [1.29, 1.82) is 0 Å². The molecule has 4 nitrogen and oxygen atoms in total. The SMILES string of the molecule is CNCc1cccc(-n2nc(C)c(Br)c2C)n1. The molecule has 0 saturated carbocycles. The van der Waals surface area contributed by atoms with Gasteiger partial charge in [-0.1, -0.05) is 6.07 Å². The molecule has 0 amide bonds. The summed E-state index contributed by atoms with van der Waals surface area (Å²) < 4.78 is 2.90. The Labute approximate surface area is 109 Å². The number of hydrogen-bond acceptors (Lipinski definition) is 3. The molecule has 0 atom stereocenters. The molecule has 0 aromatic carbocycles. The van der Waals surface area contributed by atoms with Crippen LogP contribution in [0.25, 0.3) is 5.82 Å². The van der Waals surface area contributed by atoms with Crippen LogP contribution in [0, 0.1) is 13.8 Å². The van der Waals surface area contributed by atoms with Crippen LogP contribution < -0.4 is 5.32 Å². The maximum atomic E-state index is 4.57. The standard InChI is InChI=1S/C12H15BrN4/c1-8-12(13)9(2)17(16-8)11-6-4-5-10(15-11)7-14-3/h4-6,14H,7H2,1-3H3. The third-order valence-electron chi connectivity index (χ3n) is 2.57. The summed E-state index contributed by atoms with van der Waals surface area (Å²) in [5.74, 6) is 0.851. The van der Waals surface area contributed by atoms with Crippen molar-refractivity contribution in [3.05, 3.63) is 39.8 Å². The minimum atomic E-state index is 0.758. The minimum Gasteiger partial charge on any atom is -0.314 e.